The molecular formula is C19H19ClN2O3. The zero-order valence-electron chi connectivity index (χ0n) is 14.1. The van der Waals surface area contributed by atoms with Crippen molar-refractivity contribution in [1.82, 2.24) is 5.32 Å². The number of nitrogens with one attached hydrogen (secondary N) is 1. The molecule has 0 saturated heterocycles. The largest absolute Gasteiger partial charge is 0.491 e. The first-order valence-corrected chi connectivity index (χ1v) is 8.42. The van der Waals surface area contributed by atoms with Crippen molar-refractivity contribution in [3.63, 3.8) is 0 Å². The Hall–Kier alpha value is -2.53. The van der Waals surface area contributed by atoms with Gasteiger partial charge in [-0.3, -0.25) is 9.59 Å². The van der Waals surface area contributed by atoms with Crippen LogP contribution in [0.3, 0.4) is 0 Å². The number of ether oxygens (including phenoxy) is 1. The average Bonchev–Trinajstić information content (AvgIpc) is 2.83. The van der Waals surface area contributed by atoms with Crippen LogP contribution in [0.2, 0.25) is 5.02 Å². The molecule has 1 heterocycles. The summed E-state index contributed by atoms with van der Waals surface area (Å²) in [6.45, 7) is 4.03. The highest BCUT2D eigenvalue weighted by Crippen LogP contribution is 2.40. The highest BCUT2D eigenvalue weighted by molar-refractivity contribution is 6.34. The maximum atomic E-state index is 12.8. The number of amides is 2. The van der Waals surface area contributed by atoms with Crippen molar-refractivity contribution in [2.45, 2.75) is 19.9 Å². The third kappa shape index (κ3) is 3.46. The molecule has 1 N–H and O–H groups in total. The highest BCUT2D eigenvalue weighted by atomic mass is 35.5. The minimum Gasteiger partial charge on any atom is -0.491 e. The SMILES string of the molecule is CC(=O)NC1C(=O)N(CCOc2ccccc2C)c2c(Cl)cccc21. The van der Waals surface area contributed by atoms with E-state index in [2.05, 4.69) is 5.32 Å². The number of anilines is 1. The summed E-state index contributed by atoms with van der Waals surface area (Å²) in [6.07, 6.45) is 0. The van der Waals surface area contributed by atoms with E-state index in [0.29, 0.717) is 29.4 Å². The number of fused-ring (bicyclic) bond motifs is 1. The van der Waals surface area contributed by atoms with Crippen LogP contribution in [-0.4, -0.2) is 25.0 Å². The number of nitrogens with zero attached hydrogens (tertiary/aromatic N) is 1. The van der Waals surface area contributed by atoms with Crippen molar-refractivity contribution in [3.8, 4) is 5.75 Å². The Balaban J connectivity index is 1.78. The molecule has 0 aromatic heterocycles. The Bertz CT molecular complexity index is 822. The van der Waals surface area contributed by atoms with Crippen molar-refractivity contribution in [3.05, 3.63) is 58.6 Å². The van der Waals surface area contributed by atoms with Gasteiger partial charge < -0.3 is 15.0 Å². The number of carbonyl (C=O) groups excluding carboxylic acids is 2. The van der Waals surface area contributed by atoms with E-state index in [0.717, 1.165) is 11.3 Å². The van der Waals surface area contributed by atoms with E-state index in [9.17, 15) is 9.59 Å². The quantitative estimate of drug-likeness (QED) is 0.892. The molecule has 0 aliphatic carbocycles. The van der Waals surface area contributed by atoms with Gasteiger partial charge in [-0.15, -0.1) is 0 Å². The van der Waals surface area contributed by atoms with Crippen molar-refractivity contribution >= 4 is 29.1 Å². The molecule has 2 amide bonds. The van der Waals surface area contributed by atoms with Gasteiger partial charge in [0.1, 0.15) is 18.4 Å². The molecule has 0 bridgehead atoms. The molecule has 1 unspecified atom stereocenters. The molecule has 2 aromatic carbocycles. The summed E-state index contributed by atoms with van der Waals surface area (Å²) in [5, 5.41) is 3.17. The first-order valence-electron chi connectivity index (χ1n) is 8.04. The number of benzene rings is 2. The summed E-state index contributed by atoms with van der Waals surface area (Å²) in [4.78, 5) is 25.8. The number of hydrogen-bond acceptors (Lipinski definition) is 3. The predicted molar refractivity (Wildman–Crippen MR) is 97.0 cm³/mol. The van der Waals surface area contributed by atoms with E-state index < -0.39 is 6.04 Å². The first-order chi connectivity index (χ1) is 12.0. The lowest BCUT2D eigenvalue weighted by Crippen LogP contribution is -2.38. The molecule has 3 rings (SSSR count). The molecule has 0 radical (unpaired) electrons. The zero-order valence-corrected chi connectivity index (χ0v) is 14.8. The highest BCUT2D eigenvalue weighted by Gasteiger charge is 2.39. The van der Waals surface area contributed by atoms with E-state index in [1.54, 1.807) is 17.0 Å². The molecule has 1 aliphatic heterocycles. The lowest BCUT2D eigenvalue weighted by atomic mass is 10.1. The standard InChI is InChI=1S/C19H19ClN2O3/c1-12-6-3-4-9-16(12)25-11-10-22-18-14(7-5-8-15(18)20)17(19(22)24)21-13(2)23/h3-9,17H,10-11H2,1-2H3,(H,21,23). The van der Waals surface area contributed by atoms with Gasteiger partial charge in [0, 0.05) is 12.5 Å². The molecular weight excluding hydrogens is 340 g/mol. The van der Waals surface area contributed by atoms with Crippen LogP contribution in [0.15, 0.2) is 42.5 Å². The van der Waals surface area contributed by atoms with Crippen molar-refractivity contribution in [1.29, 1.82) is 0 Å². The molecule has 0 spiro atoms. The van der Waals surface area contributed by atoms with Gasteiger partial charge in [0.25, 0.3) is 5.91 Å². The maximum absolute atomic E-state index is 12.8. The maximum Gasteiger partial charge on any atom is 0.254 e. The van der Waals surface area contributed by atoms with E-state index in [1.165, 1.54) is 6.92 Å². The fourth-order valence-electron chi connectivity index (χ4n) is 2.98. The van der Waals surface area contributed by atoms with Crippen LogP contribution < -0.4 is 15.0 Å². The van der Waals surface area contributed by atoms with Crippen LogP contribution in [0, 0.1) is 6.92 Å². The Morgan fingerprint density at radius 2 is 2.00 bits per heavy atom. The first kappa shape index (κ1) is 17.3. The molecule has 0 saturated carbocycles. The van der Waals surface area contributed by atoms with Crippen LogP contribution in [0.1, 0.15) is 24.1 Å². The van der Waals surface area contributed by atoms with Gasteiger partial charge in [-0.25, -0.2) is 0 Å². The second-order valence-corrected chi connectivity index (χ2v) is 6.32. The lowest BCUT2D eigenvalue weighted by molar-refractivity contribution is -0.126. The average molecular weight is 359 g/mol. The van der Waals surface area contributed by atoms with Crippen molar-refractivity contribution in [2.24, 2.45) is 0 Å². The topological polar surface area (TPSA) is 58.6 Å². The van der Waals surface area contributed by atoms with Crippen LogP contribution in [0.4, 0.5) is 5.69 Å². The smallest absolute Gasteiger partial charge is 0.254 e. The minimum atomic E-state index is -0.704. The number of hydrogen-bond donors (Lipinski definition) is 1. The second kappa shape index (κ2) is 7.15. The normalized spacial score (nSPS) is 15.9. The third-order valence-corrected chi connectivity index (χ3v) is 4.43. The van der Waals surface area contributed by atoms with Crippen LogP contribution >= 0.6 is 11.6 Å². The summed E-state index contributed by atoms with van der Waals surface area (Å²) < 4.78 is 5.79. The van der Waals surface area contributed by atoms with E-state index in [4.69, 9.17) is 16.3 Å². The Labute approximate surface area is 151 Å². The van der Waals surface area contributed by atoms with Crippen molar-refractivity contribution < 1.29 is 14.3 Å². The fourth-order valence-corrected chi connectivity index (χ4v) is 3.26. The Kier molecular flexibility index (Phi) is 4.95. The molecule has 5 nitrogen and oxygen atoms in total. The number of aryl methyl sites for hydroxylation is 1. The van der Waals surface area contributed by atoms with Gasteiger partial charge in [-0.1, -0.05) is 41.9 Å². The molecule has 25 heavy (non-hydrogen) atoms. The Morgan fingerprint density at radius 1 is 1.24 bits per heavy atom. The number of rotatable bonds is 5. The monoisotopic (exact) mass is 358 g/mol. The van der Waals surface area contributed by atoms with E-state index >= 15 is 0 Å². The molecule has 1 atom stereocenters. The number of carbonyl (C=O) groups is 2. The summed E-state index contributed by atoms with van der Waals surface area (Å²) in [6, 6.07) is 12.3. The van der Waals surface area contributed by atoms with E-state index in [-0.39, 0.29) is 11.8 Å². The van der Waals surface area contributed by atoms with Gasteiger partial charge in [0.05, 0.1) is 17.3 Å². The predicted octanol–water partition coefficient (Wildman–Crippen LogP) is 3.25. The van der Waals surface area contributed by atoms with Gasteiger partial charge in [-0.05, 0) is 24.6 Å². The zero-order chi connectivity index (χ0) is 18.0. The van der Waals surface area contributed by atoms with Crippen molar-refractivity contribution in [2.75, 3.05) is 18.1 Å². The second-order valence-electron chi connectivity index (χ2n) is 5.92. The Morgan fingerprint density at radius 3 is 2.72 bits per heavy atom. The molecule has 1 aliphatic rings. The summed E-state index contributed by atoms with van der Waals surface area (Å²) in [7, 11) is 0. The minimum absolute atomic E-state index is 0.202. The summed E-state index contributed by atoms with van der Waals surface area (Å²) >= 11 is 6.31. The third-order valence-electron chi connectivity index (χ3n) is 4.13. The summed E-state index contributed by atoms with van der Waals surface area (Å²) in [5.74, 6) is 0.320. The van der Waals surface area contributed by atoms with Crippen LogP contribution in [0.25, 0.3) is 0 Å². The summed E-state index contributed by atoms with van der Waals surface area (Å²) in [5.41, 5.74) is 2.38. The van der Waals surface area contributed by atoms with Crippen LogP contribution in [-0.2, 0) is 9.59 Å². The van der Waals surface area contributed by atoms with E-state index in [1.807, 2.05) is 37.3 Å². The lowest BCUT2D eigenvalue weighted by Gasteiger charge is -2.19. The van der Waals surface area contributed by atoms with Gasteiger partial charge in [-0.2, -0.15) is 0 Å². The number of halogens is 1. The van der Waals surface area contributed by atoms with Crippen LogP contribution in [0.5, 0.6) is 5.75 Å². The molecule has 0 fully saturated rings. The van der Waals surface area contributed by atoms with Gasteiger partial charge >= 0.3 is 0 Å². The molecule has 2 aromatic rings. The fraction of sp³-hybridized carbons (Fsp3) is 0.263. The van der Waals surface area contributed by atoms with Gasteiger partial charge in [0.15, 0.2) is 0 Å². The molecule has 130 valence electrons. The van der Waals surface area contributed by atoms with Gasteiger partial charge in [0.2, 0.25) is 5.91 Å². The molecule has 6 heteroatoms. The number of para-hydroxylation sites is 2.